The lowest BCUT2D eigenvalue weighted by Crippen LogP contribution is -2.31. The molecule has 138 valence electrons. The summed E-state index contributed by atoms with van der Waals surface area (Å²) in [6.45, 7) is 4.11. The highest BCUT2D eigenvalue weighted by Gasteiger charge is 2.38. The maximum absolute atomic E-state index is 12.1. The van der Waals surface area contributed by atoms with E-state index in [0.29, 0.717) is 0 Å². The molecule has 0 radical (unpaired) electrons. The van der Waals surface area contributed by atoms with Gasteiger partial charge in [-0.2, -0.15) is 8.42 Å². The van der Waals surface area contributed by atoms with Crippen LogP contribution < -0.4 is 9.03 Å². The Balaban J connectivity index is 1.99. The topological polar surface area (TPSA) is 86.7 Å². The highest BCUT2D eigenvalue weighted by Crippen LogP contribution is 2.45. The van der Waals surface area contributed by atoms with Gasteiger partial charge in [-0.3, -0.25) is 4.79 Å². The highest BCUT2D eigenvalue weighted by atomic mass is 32.2. The Morgan fingerprint density at radius 1 is 1.20 bits per heavy atom. The number of anilines is 1. The first-order chi connectivity index (χ1) is 11.8. The molecule has 1 heterocycles. The predicted molar refractivity (Wildman–Crippen MR) is 96.8 cm³/mol. The van der Waals surface area contributed by atoms with Crippen LogP contribution in [0, 0.1) is 5.41 Å². The molecule has 0 aromatic heterocycles. The molecule has 0 atom stereocenters. The summed E-state index contributed by atoms with van der Waals surface area (Å²) in [7, 11) is -3.91. The summed E-state index contributed by atoms with van der Waals surface area (Å²) in [6, 6.07) is 3.44. The molecule has 25 heavy (non-hydrogen) atoms. The number of benzene rings is 1. The van der Waals surface area contributed by atoms with E-state index in [1.54, 1.807) is 12.1 Å². The lowest BCUT2D eigenvalue weighted by molar-refractivity contribution is -0.117. The average Bonchev–Trinajstić information content (AvgIpc) is 2.80. The van der Waals surface area contributed by atoms with Gasteiger partial charge < -0.3 is 5.11 Å². The molecule has 1 aliphatic heterocycles. The molecule has 0 spiro atoms. The van der Waals surface area contributed by atoms with Crippen LogP contribution in [0.25, 0.3) is 0 Å². The van der Waals surface area contributed by atoms with Crippen LogP contribution in [-0.4, -0.2) is 26.0 Å². The zero-order chi connectivity index (χ0) is 18.2. The Labute approximate surface area is 149 Å². The number of phenols is 1. The third-order valence-electron chi connectivity index (χ3n) is 5.44. The van der Waals surface area contributed by atoms with Gasteiger partial charge in [0, 0.05) is 0 Å². The number of hydrogen-bond donors (Lipinski definition) is 2. The second-order valence-corrected chi connectivity index (χ2v) is 8.92. The van der Waals surface area contributed by atoms with Gasteiger partial charge >= 0.3 is 10.2 Å². The molecule has 1 aliphatic carbocycles. The van der Waals surface area contributed by atoms with E-state index in [0.717, 1.165) is 60.4 Å². The van der Waals surface area contributed by atoms with Crippen molar-refractivity contribution < 1.29 is 18.3 Å². The first-order valence-electron chi connectivity index (χ1n) is 8.98. The van der Waals surface area contributed by atoms with Crippen LogP contribution in [-0.2, 0) is 27.8 Å². The van der Waals surface area contributed by atoms with Gasteiger partial charge in [0.15, 0.2) is 0 Å². The molecule has 2 N–H and O–H groups in total. The fourth-order valence-corrected chi connectivity index (χ4v) is 5.58. The smallest absolute Gasteiger partial charge is 0.326 e. The van der Waals surface area contributed by atoms with Gasteiger partial charge in [-0.15, -0.1) is 0 Å². The molecular weight excluding hydrogens is 340 g/mol. The number of aromatic hydroxyl groups is 1. The van der Waals surface area contributed by atoms with Crippen molar-refractivity contribution in [3.8, 4) is 5.75 Å². The second-order valence-electron chi connectivity index (χ2n) is 7.32. The van der Waals surface area contributed by atoms with E-state index in [2.05, 4.69) is 13.8 Å². The molecule has 1 fully saturated rings. The van der Waals surface area contributed by atoms with Crippen LogP contribution in [0.5, 0.6) is 5.75 Å². The minimum atomic E-state index is -3.91. The van der Waals surface area contributed by atoms with Gasteiger partial charge in [0.25, 0.3) is 5.91 Å². The van der Waals surface area contributed by atoms with Crippen LogP contribution >= 0.6 is 0 Å². The molecule has 1 saturated heterocycles. The first kappa shape index (κ1) is 18.0. The van der Waals surface area contributed by atoms with Crippen LogP contribution in [0.4, 0.5) is 5.69 Å². The van der Waals surface area contributed by atoms with Gasteiger partial charge in [0.2, 0.25) is 0 Å². The third-order valence-corrected chi connectivity index (χ3v) is 6.83. The van der Waals surface area contributed by atoms with E-state index in [4.69, 9.17) is 0 Å². The molecule has 1 amide bonds. The van der Waals surface area contributed by atoms with E-state index in [9.17, 15) is 18.3 Å². The summed E-state index contributed by atoms with van der Waals surface area (Å²) < 4.78 is 27.1. The maximum atomic E-state index is 12.1. The Hall–Kier alpha value is -1.76. The Morgan fingerprint density at radius 2 is 1.88 bits per heavy atom. The zero-order valence-corrected chi connectivity index (χ0v) is 15.7. The second kappa shape index (κ2) is 6.52. The van der Waals surface area contributed by atoms with E-state index in [-0.39, 0.29) is 23.4 Å². The summed E-state index contributed by atoms with van der Waals surface area (Å²) in [5.41, 5.74) is 2.62. The predicted octanol–water partition coefficient (Wildman–Crippen LogP) is 2.65. The van der Waals surface area contributed by atoms with Crippen molar-refractivity contribution in [1.82, 2.24) is 4.72 Å². The van der Waals surface area contributed by atoms with Gasteiger partial charge in [0.1, 0.15) is 12.3 Å². The molecule has 7 heteroatoms. The summed E-state index contributed by atoms with van der Waals surface area (Å²) in [6.07, 6.45) is 7.44. The average molecular weight is 366 g/mol. The summed E-state index contributed by atoms with van der Waals surface area (Å²) in [5, 5.41) is 10.3. The number of phenolic OH excluding ortho intramolecular Hbond substituents is 1. The largest absolute Gasteiger partial charge is 0.506 e. The molecule has 6 nitrogen and oxygen atoms in total. The number of hydrogen-bond acceptors (Lipinski definition) is 4. The maximum Gasteiger partial charge on any atom is 0.326 e. The van der Waals surface area contributed by atoms with E-state index >= 15 is 0 Å². The van der Waals surface area contributed by atoms with Crippen molar-refractivity contribution in [2.75, 3.05) is 10.8 Å². The quantitative estimate of drug-likeness (QED) is 0.839. The van der Waals surface area contributed by atoms with Gasteiger partial charge in [-0.05, 0) is 60.8 Å². The summed E-state index contributed by atoms with van der Waals surface area (Å²) in [4.78, 5) is 11.5. The van der Waals surface area contributed by atoms with Crippen LogP contribution in [0.15, 0.2) is 12.1 Å². The number of carbonyl (C=O) groups is 1. The zero-order valence-electron chi connectivity index (χ0n) is 14.8. The Bertz CT molecular complexity index is 783. The van der Waals surface area contributed by atoms with Crippen molar-refractivity contribution in [2.45, 2.75) is 58.8 Å². The van der Waals surface area contributed by atoms with Gasteiger partial charge in [-0.25, -0.2) is 9.03 Å². The number of aryl methyl sites for hydroxylation is 1. The monoisotopic (exact) mass is 366 g/mol. The normalized spacial score (nSPS) is 21.0. The van der Waals surface area contributed by atoms with E-state index < -0.39 is 16.1 Å². The number of nitrogens with zero attached hydrogens (tertiary/aromatic N) is 1. The minimum Gasteiger partial charge on any atom is -0.506 e. The molecule has 1 aromatic rings. The van der Waals surface area contributed by atoms with E-state index in [1.165, 1.54) is 0 Å². The van der Waals surface area contributed by atoms with Gasteiger partial charge in [0.05, 0.1) is 5.69 Å². The number of fused-ring (bicyclic) bond motifs is 1. The molecule has 2 aliphatic rings. The van der Waals surface area contributed by atoms with Gasteiger partial charge in [-0.1, -0.05) is 26.7 Å². The number of carbonyl (C=O) groups excluding carboxylic acids is 1. The minimum absolute atomic E-state index is 0.0858. The number of amides is 1. The molecule has 1 aromatic carbocycles. The molecular formula is C18H26N2O4S. The molecule has 0 saturated carbocycles. The number of nitrogens with one attached hydrogen (secondary N) is 1. The van der Waals surface area contributed by atoms with Crippen molar-refractivity contribution in [3.05, 3.63) is 23.3 Å². The third kappa shape index (κ3) is 3.34. The lowest BCUT2D eigenvalue weighted by Gasteiger charge is -2.39. The fraction of sp³-hybridized carbons (Fsp3) is 0.611. The van der Waals surface area contributed by atoms with Crippen molar-refractivity contribution in [1.29, 1.82) is 0 Å². The van der Waals surface area contributed by atoms with Crippen LogP contribution in [0.2, 0.25) is 0 Å². The SMILES string of the molecule is CCCC1(CCC)CCc2cc(O)c(N3CC(=O)NS3(=O)=O)cc2C1. The number of rotatable bonds is 5. The standard InChI is InChI=1S/C18H26N2O4S/c1-3-6-18(7-4-2)8-5-13-10-16(21)15(9-14(13)11-18)20-12-17(22)19-25(20,23)24/h9-10,21H,3-8,11-12H2,1-2H3,(H,19,22). The fourth-order valence-electron chi connectivity index (χ4n) is 4.43. The highest BCUT2D eigenvalue weighted by molar-refractivity contribution is 7.92. The van der Waals surface area contributed by atoms with E-state index in [1.807, 2.05) is 4.72 Å². The van der Waals surface area contributed by atoms with Crippen LogP contribution in [0.3, 0.4) is 0 Å². The lowest BCUT2D eigenvalue weighted by atomic mass is 9.66. The molecule has 0 bridgehead atoms. The Kier molecular flexibility index (Phi) is 4.70. The first-order valence-corrected chi connectivity index (χ1v) is 10.4. The van der Waals surface area contributed by atoms with Crippen LogP contribution in [0.1, 0.15) is 57.1 Å². The Morgan fingerprint density at radius 3 is 2.44 bits per heavy atom. The summed E-state index contributed by atoms with van der Waals surface area (Å²) in [5.74, 6) is -0.666. The van der Waals surface area contributed by atoms with Crippen molar-refractivity contribution in [3.63, 3.8) is 0 Å². The van der Waals surface area contributed by atoms with Crippen molar-refractivity contribution in [2.24, 2.45) is 5.41 Å². The molecule has 3 rings (SSSR count). The van der Waals surface area contributed by atoms with Crippen molar-refractivity contribution >= 4 is 21.8 Å². The summed E-state index contributed by atoms with van der Waals surface area (Å²) >= 11 is 0. The molecule has 0 unspecified atom stereocenters.